The number of carbonyl (C=O) groups is 1. The Hall–Kier alpha value is -1.75. The van der Waals surface area contributed by atoms with E-state index in [-0.39, 0.29) is 5.91 Å². The van der Waals surface area contributed by atoms with Gasteiger partial charge in [0, 0.05) is 28.0 Å². The van der Waals surface area contributed by atoms with E-state index in [9.17, 15) is 4.79 Å². The number of halogens is 1. The van der Waals surface area contributed by atoms with Crippen LogP contribution in [0.1, 0.15) is 31.2 Å². The Morgan fingerprint density at radius 2 is 2.04 bits per heavy atom. The first-order valence-electron chi connectivity index (χ1n) is 8.30. The van der Waals surface area contributed by atoms with Crippen LogP contribution in [-0.2, 0) is 12.3 Å². The monoisotopic (exact) mass is 401 g/mol. The molecule has 1 aromatic carbocycles. The highest BCUT2D eigenvalue weighted by atomic mass is 35.5. The molecule has 0 aliphatic carbocycles. The van der Waals surface area contributed by atoms with E-state index in [0.717, 1.165) is 43.0 Å². The summed E-state index contributed by atoms with van der Waals surface area (Å²) in [6.45, 7) is 6.71. The van der Waals surface area contributed by atoms with Crippen LogP contribution in [0.25, 0.3) is 5.57 Å². The van der Waals surface area contributed by atoms with E-state index >= 15 is 0 Å². The molecule has 134 valence electrons. The number of hydrogen-bond donors (Lipinski definition) is 1. The number of nitrogens with one attached hydrogen (secondary N) is 1. The summed E-state index contributed by atoms with van der Waals surface area (Å²) in [5.74, 6) is 1.64. The van der Waals surface area contributed by atoms with Crippen molar-refractivity contribution in [3.63, 3.8) is 0 Å². The summed E-state index contributed by atoms with van der Waals surface area (Å²) < 4.78 is 0. The molecule has 3 rings (SSSR count). The van der Waals surface area contributed by atoms with E-state index in [1.165, 1.54) is 16.9 Å². The van der Waals surface area contributed by atoms with Crippen molar-refractivity contribution in [3.05, 3.63) is 86.6 Å². The van der Waals surface area contributed by atoms with Gasteiger partial charge in [-0.25, -0.2) is 0 Å². The lowest BCUT2D eigenvalue weighted by Crippen LogP contribution is -2.21. The summed E-state index contributed by atoms with van der Waals surface area (Å²) in [5.41, 5.74) is 4.34. The van der Waals surface area contributed by atoms with Gasteiger partial charge in [-0.2, -0.15) is 11.8 Å². The normalized spacial score (nSPS) is 14.5. The molecule has 5 heteroatoms. The molecule has 1 amide bonds. The van der Waals surface area contributed by atoms with Crippen molar-refractivity contribution in [2.24, 2.45) is 0 Å². The van der Waals surface area contributed by atoms with Crippen LogP contribution in [0.3, 0.4) is 0 Å². The molecule has 1 aliphatic rings. The number of amides is 1. The summed E-state index contributed by atoms with van der Waals surface area (Å²) >= 11 is 9.40. The average Bonchev–Trinajstić information content (AvgIpc) is 3.06. The first-order chi connectivity index (χ1) is 12.5. The molecule has 0 saturated carbocycles. The van der Waals surface area contributed by atoms with Gasteiger partial charge < -0.3 is 5.32 Å². The fraction of sp³-hybridized carbons (Fsp3) is 0.190. The molecule has 0 spiro atoms. The van der Waals surface area contributed by atoms with Gasteiger partial charge in [0.25, 0.3) is 5.91 Å². The SMILES string of the molecule is C=C1C=CC(Cl)=CCSCc2cc(C(=O)NCc3ccc(C)cc3)sc21. The van der Waals surface area contributed by atoms with Gasteiger partial charge in [0.05, 0.1) is 4.88 Å². The second-order valence-corrected chi connectivity index (χ2v) is 8.61. The van der Waals surface area contributed by atoms with E-state index in [1.807, 2.05) is 36.4 Å². The number of fused-ring (bicyclic) bond motifs is 1. The lowest BCUT2D eigenvalue weighted by atomic mass is 10.1. The van der Waals surface area contributed by atoms with Crippen molar-refractivity contribution < 1.29 is 4.79 Å². The number of aryl methyl sites for hydroxylation is 1. The van der Waals surface area contributed by atoms with Crippen molar-refractivity contribution in [1.29, 1.82) is 0 Å². The fourth-order valence-electron chi connectivity index (χ4n) is 2.53. The third-order valence-electron chi connectivity index (χ3n) is 4.00. The number of hydrogen-bond acceptors (Lipinski definition) is 3. The Morgan fingerprint density at radius 1 is 1.27 bits per heavy atom. The average molecular weight is 402 g/mol. The van der Waals surface area contributed by atoms with Crippen LogP contribution in [0.2, 0.25) is 0 Å². The first-order valence-corrected chi connectivity index (χ1v) is 10.6. The second kappa shape index (κ2) is 8.76. The van der Waals surface area contributed by atoms with Crippen molar-refractivity contribution in [1.82, 2.24) is 5.32 Å². The molecule has 2 nitrogen and oxygen atoms in total. The smallest absolute Gasteiger partial charge is 0.261 e. The predicted octanol–water partition coefficient (Wildman–Crippen LogP) is 5.93. The maximum Gasteiger partial charge on any atom is 0.261 e. The molecule has 0 saturated heterocycles. The minimum absolute atomic E-state index is 0.0455. The van der Waals surface area contributed by atoms with Crippen molar-refractivity contribution in [2.75, 3.05) is 5.75 Å². The molecule has 1 aliphatic heterocycles. The van der Waals surface area contributed by atoms with E-state index in [0.29, 0.717) is 6.54 Å². The maximum atomic E-state index is 12.6. The quantitative estimate of drug-likeness (QED) is 0.690. The minimum Gasteiger partial charge on any atom is -0.347 e. The molecule has 0 radical (unpaired) electrons. The molecular formula is C21H20ClNOS2. The highest BCUT2D eigenvalue weighted by molar-refractivity contribution is 7.98. The summed E-state index contributed by atoms with van der Waals surface area (Å²) in [5, 5.41) is 3.72. The lowest BCUT2D eigenvalue weighted by Gasteiger charge is -2.04. The Kier molecular flexibility index (Phi) is 6.41. The van der Waals surface area contributed by atoms with Crippen LogP contribution < -0.4 is 5.32 Å². The number of carbonyl (C=O) groups excluding carboxylic acids is 1. The van der Waals surface area contributed by atoms with Gasteiger partial charge in [-0.3, -0.25) is 4.79 Å². The van der Waals surface area contributed by atoms with E-state index in [1.54, 1.807) is 11.8 Å². The predicted molar refractivity (Wildman–Crippen MR) is 115 cm³/mol. The van der Waals surface area contributed by atoms with Crippen molar-refractivity contribution in [2.45, 2.75) is 19.2 Å². The van der Waals surface area contributed by atoms with Crippen molar-refractivity contribution in [3.8, 4) is 0 Å². The molecule has 2 aromatic rings. The molecule has 2 heterocycles. The summed E-state index contributed by atoms with van der Waals surface area (Å²) in [6.07, 6.45) is 5.76. The van der Waals surface area contributed by atoms with Gasteiger partial charge in [-0.15, -0.1) is 11.3 Å². The van der Waals surface area contributed by atoms with Crippen LogP contribution in [0.4, 0.5) is 0 Å². The highest BCUT2D eigenvalue weighted by Gasteiger charge is 2.16. The Morgan fingerprint density at radius 3 is 2.81 bits per heavy atom. The topological polar surface area (TPSA) is 29.1 Å². The third-order valence-corrected chi connectivity index (χ3v) is 6.45. The summed E-state index contributed by atoms with van der Waals surface area (Å²) in [4.78, 5) is 14.4. The standard InChI is InChI=1S/C21H20ClNOS2/c1-14-3-6-16(7-4-14)12-23-21(24)19-11-17-13-25-10-9-18(22)8-5-15(2)20(17)26-19/h3-9,11H,2,10,12-13H2,1H3,(H,23,24). The number of thiophene rings is 1. The zero-order chi connectivity index (χ0) is 18.5. The van der Waals surface area contributed by atoms with E-state index < -0.39 is 0 Å². The number of thioether (sulfide) groups is 1. The zero-order valence-electron chi connectivity index (χ0n) is 14.5. The van der Waals surface area contributed by atoms with Gasteiger partial charge in [-0.1, -0.05) is 60.2 Å². The first kappa shape index (κ1) is 19.0. The maximum absolute atomic E-state index is 12.6. The van der Waals surface area contributed by atoms with Crippen LogP contribution in [-0.4, -0.2) is 11.7 Å². The minimum atomic E-state index is -0.0455. The largest absolute Gasteiger partial charge is 0.347 e. The number of benzene rings is 1. The molecule has 0 fully saturated rings. The second-order valence-electron chi connectivity index (χ2n) is 6.10. The zero-order valence-corrected chi connectivity index (χ0v) is 16.9. The molecule has 1 aromatic heterocycles. The van der Waals surface area contributed by atoms with Gasteiger partial charge >= 0.3 is 0 Å². The van der Waals surface area contributed by atoms with Gasteiger partial charge in [0.2, 0.25) is 0 Å². The van der Waals surface area contributed by atoms with Gasteiger partial charge in [0.15, 0.2) is 0 Å². The van der Waals surface area contributed by atoms with Crippen LogP contribution in [0, 0.1) is 6.92 Å². The molecule has 0 atom stereocenters. The van der Waals surface area contributed by atoms with Gasteiger partial charge in [0.1, 0.15) is 0 Å². The fourth-order valence-corrected chi connectivity index (χ4v) is 4.76. The third kappa shape index (κ3) is 4.91. The van der Waals surface area contributed by atoms with Gasteiger partial charge in [-0.05, 0) is 35.8 Å². The summed E-state index contributed by atoms with van der Waals surface area (Å²) in [7, 11) is 0. The molecule has 0 unspecified atom stereocenters. The lowest BCUT2D eigenvalue weighted by molar-refractivity contribution is 0.0955. The molecule has 1 N–H and O–H groups in total. The van der Waals surface area contributed by atoms with Crippen molar-refractivity contribution >= 4 is 46.2 Å². The molecule has 0 bridgehead atoms. The highest BCUT2D eigenvalue weighted by Crippen LogP contribution is 2.33. The summed E-state index contributed by atoms with van der Waals surface area (Å²) in [6, 6.07) is 10.2. The Bertz CT molecular complexity index is 878. The Labute approximate surface area is 167 Å². The Balaban J connectivity index is 1.74. The molecular weight excluding hydrogens is 382 g/mol. The number of rotatable bonds is 3. The van der Waals surface area contributed by atoms with Crippen LogP contribution >= 0.6 is 34.7 Å². The van der Waals surface area contributed by atoms with Crippen LogP contribution in [0.15, 0.2) is 60.2 Å². The number of allylic oxidation sites excluding steroid dienone is 4. The van der Waals surface area contributed by atoms with Crippen LogP contribution in [0.5, 0.6) is 0 Å². The molecule has 26 heavy (non-hydrogen) atoms. The van der Waals surface area contributed by atoms with E-state index in [4.69, 9.17) is 11.6 Å². The van der Waals surface area contributed by atoms with E-state index in [2.05, 4.69) is 31.0 Å².